The molecule has 0 radical (unpaired) electrons. The Morgan fingerprint density at radius 3 is 2.83 bits per heavy atom. The third-order valence-electron chi connectivity index (χ3n) is 4.05. The van der Waals surface area contributed by atoms with Crippen LogP contribution in [0.4, 0.5) is 0 Å². The zero-order valence-corrected chi connectivity index (χ0v) is 10.6. The zero-order valence-electron chi connectivity index (χ0n) is 10.6. The molecule has 0 aromatic rings. The number of ether oxygens (including phenoxy) is 1. The van der Waals surface area contributed by atoms with Gasteiger partial charge in [-0.1, -0.05) is 0 Å². The molecule has 0 bridgehead atoms. The van der Waals surface area contributed by atoms with Gasteiger partial charge >= 0.3 is 0 Å². The van der Waals surface area contributed by atoms with Crippen LogP contribution in [-0.4, -0.2) is 60.5 Å². The fraction of sp³-hybridized carbons (Fsp3) is 0.846. The summed E-state index contributed by atoms with van der Waals surface area (Å²) in [4.78, 5) is 27.5. The lowest BCUT2D eigenvalue weighted by Crippen LogP contribution is -2.57. The number of fused-ring (bicyclic) bond motifs is 1. The molecule has 1 aliphatic carbocycles. The fourth-order valence-electron chi connectivity index (χ4n) is 2.76. The zero-order chi connectivity index (χ0) is 12.5. The number of piperazine rings is 1. The summed E-state index contributed by atoms with van der Waals surface area (Å²) in [5.74, 6) is 0.954. The molecular formula is C13H20N2O3. The van der Waals surface area contributed by atoms with Crippen molar-refractivity contribution < 1.29 is 14.3 Å². The highest BCUT2D eigenvalue weighted by Gasteiger charge is 2.41. The minimum atomic E-state index is -0.185. The third kappa shape index (κ3) is 2.36. The van der Waals surface area contributed by atoms with Gasteiger partial charge in [0.25, 0.3) is 0 Å². The number of carbonyl (C=O) groups is 2. The second kappa shape index (κ2) is 4.88. The Hall–Kier alpha value is -1.10. The Labute approximate surface area is 107 Å². The first-order valence-electron chi connectivity index (χ1n) is 6.91. The summed E-state index contributed by atoms with van der Waals surface area (Å²) < 4.78 is 5.54. The molecule has 5 heteroatoms. The van der Waals surface area contributed by atoms with E-state index in [1.165, 1.54) is 12.8 Å². The summed E-state index contributed by atoms with van der Waals surface area (Å²) in [7, 11) is 0. The predicted octanol–water partition coefficient (Wildman–Crippen LogP) is 0.246. The molecule has 0 aromatic carbocycles. The van der Waals surface area contributed by atoms with Gasteiger partial charge in [-0.2, -0.15) is 0 Å². The Morgan fingerprint density at radius 1 is 1.22 bits per heavy atom. The maximum atomic E-state index is 12.2. The molecule has 100 valence electrons. The summed E-state index contributed by atoms with van der Waals surface area (Å²) >= 11 is 0. The number of carbonyl (C=O) groups excluding carboxylic acids is 2. The summed E-state index contributed by atoms with van der Waals surface area (Å²) in [5, 5.41) is 0. The van der Waals surface area contributed by atoms with Crippen molar-refractivity contribution in [2.45, 2.75) is 31.7 Å². The largest absolute Gasteiger partial charge is 0.379 e. The fourth-order valence-corrected chi connectivity index (χ4v) is 2.76. The van der Waals surface area contributed by atoms with E-state index in [0.29, 0.717) is 13.2 Å². The first-order valence-corrected chi connectivity index (χ1v) is 6.91. The highest BCUT2D eigenvalue weighted by Crippen LogP contribution is 2.28. The van der Waals surface area contributed by atoms with Gasteiger partial charge in [0.2, 0.25) is 11.8 Å². The van der Waals surface area contributed by atoms with Crippen LogP contribution in [-0.2, 0) is 14.3 Å². The van der Waals surface area contributed by atoms with Crippen LogP contribution in [0.3, 0.4) is 0 Å². The number of hydrogen-bond donors (Lipinski definition) is 0. The lowest BCUT2D eigenvalue weighted by atomic mass is 10.1. The number of hydrogen-bond acceptors (Lipinski definition) is 3. The summed E-state index contributed by atoms with van der Waals surface area (Å²) in [5.41, 5.74) is 0. The van der Waals surface area contributed by atoms with Crippen LogP contribution in [0.5, 0.6) is 0 Å². The summed E-state index contributed by atoms with van der Waals surface area (Å²) in [6.45, 7) is 2.92. The molecule has 3 fully saturated rings. The molecular weight excluding hydrogens is 232 g/mol. The highest BCUT2D eigenvalue weighted by molar-refractivity contribution is 5.95. The SMILES string of the molecule is O=C1C2CCCN2C(=O)CN1CCOCC1CC1. The normalized spacial score (nSPS) is 27.9. The maximum Gasteiger partial charge on any atom is 0.245 e. The molecule has 2 amide bonds. The third-order valence-corrected chi connectivity index (χ3v) is 4.05. The molecule has 0 spiro atoms. The molecule has 3 rings (SSSR count). The second-order valence-electron chi connectivity index (χ2n) is 5.52. The number of amides is 2. The quantitative estimate of drug-likeness (QED) is 0.659. The molecule has 3 aliphatic rings. The monoisotopic (exact) mass is 252 g/mol. The molecule has 2 aliphatic heterocycles. The molecule has 5 nitrogen and oxygen atoms in total. The van der Waals surface area contributed by atoms with E-state index in [-0.39, 0.29) is 24.4 Å². The second-order valence-corrected chi connectivity index (χ2v) is 5.52. The van der Waals surface area contributed by atoms with Crippen molar-refractivity contribution in [3.8, 4) is 0 Å². The van der Waals surface area contributed by atoms with E-state index in [1.54, 1.807) is 9.80 Å². The van der Waals surface area contributed by atoms with Crippen LogP contribution in [0.2, 0.25) is 0 Å². The number of rotatable bonds is 5. The van der Waals surface area contributed by atoms with Gasteiger partial charge in [-0.25, -0.2) is 0 Å². The van der Waals surface area contributed by atoms with E-state index < -0.39 is 0 Å². The maximum absolute atomic E-state index is 12.2. The lowest BCUT2D eigenvalue weighted by Gasteiger charge is -2.36. The Balaban J connectivity index is 1.48. The average molecular weight is 252 g/mol. The minimum absolute atomic E-state index is 0.0966. The van der Waals surface area contributed by atoms with Crippen molar-refractivity contribution in [1.82, 2.24) is 9.80 Å². The Kier molecular flexibility index (Phi) is 3.24. The van der Waals surface area contributed by atoms with Gasteiger partial charge in [0.05, 0.1) is 13.2 Å². The van der Waals surface area contributed by atoms with Gasteiger partial charge in [0, 0.05) is 19.7 Å². The van der Waals surface area contributed by atoms with Crippen LogP contribution >= 0.6 is 0 Å². The molecule has 1 unspecified atom stereocenters. The van der Waals surface area contributed by atoms with E-state index in [9.17, 15) is 9.59 Å². The van der Waals surface area contributed by atoms with Crippen molar-refractivity contribution in [3.05, 3.63) is 0 Å². The van der Waals surface area contributed by atoms with Crippen molar-refractivity contribution in [2.75, 3.05) is 32.8 Å². The van der Waals surface area contributed by atoms with Crippen molar-refractivity contribution >= 4 is 11.8 Å². The van der Waals surface area contributed by atoms with Crippen LogP contribution in [0.1, 0.15) is 25.7 Å². The topological polar surface area (TPSA) is 49.9 Å². The van der Waals surface area contributed by atoms with Gasteiger partial charge in [0.1, 0.15) is 6.04 Å². The van der Waals surface area contributed by atoms with E-state index in [1.807, 2.05) is 0 Å². The molecule has 1 atom stereocenters. The molecule has 18 heavy (non-hydrogen) atoms. The number of nitrogens with zero attached hydrogens (tertiary/aromatic N) is 2. The van der Waals surface area contributed by atoms with E-state index in [2.05, 4.69) is 0 Å². The summed E-state index contributed by atoms with van der Waals surface area (Å²) in [6, 6.07) is -0.185. The summed E-state index contributed by atoms with van der Waals surface area (Å²) in [6.07, 6.45) is 4.33. The molecule has 2 heterocycles. The first kappa shape index (κ1) is 12.0. The first-order chi connectivity index (χ1) is 8.75. The Bertz CT molecular complexity index is 354. The lowest BCUT2D eigenvalue weighted by molar-refractivity contribution is -0.154. The molecule has 1 saturated carbocycles. The van der Waals surface area contributed by atoms with Gasteiger partial charge in [-0.3, -0.25) is 9.59 Å². The van der Waals surface area contributed by atoms with Crippen molar-refractivity contribution in [3.63, 3.8) is 0 Å². The van der Waals surface area contributed by atoms with Gasteiger partial charge in [-0.15, -0.1) is 0 Å². The van der Waals surface area contributed by atoms with Crippen LogP contribution in [0.25, 0.3) is 0 Å². The van der Waals surface area contributed by atoms with Crippen LogP contribution < -0.4 is 0 Å². The minimum Gasteiger partial charge on any atom is -0.379 e. The standard InChI is InChI=1S/C13H20N2O3/c16-12-8-14(6-7-18-9-10-3-4-10)13(17)11-2-1-5-15(11)12/h10-11H,1-9H2. The van der Waals surface area contributed by atoms with Crippen LogP contribution in [0, 0.1) is 5.92 Å². The average Bonchev–Trinajstić information content (AvgIpc) is 3.04. The van der Waals surface area contributed by atoms with E-state index in [0.717, 1.165) is 31.9 Å². The van der Waals surface area contributed by atoms with E-state index in [4.69, 9.17) is 4.74 Å². The van der Waals surface area contributed by atoms with E-state index >= 15 is 0 Å². The van der Waals surface area contributed by atoms with Crippen molar-refractivity contribution in [2.24, 2.45) is 5.92 Å². The van der Waals surface area contributed by atoms with Gasteiger partial charge < -0.3 is 14.5 Å². The predicted molar refractivity (Wildman–Crippen MR) is 64.9 cm³/mol. The molecule has 0 aromatic heterocycles. The molecule has 0 N–H and O–H groups in total. The van der Waals surface area contributed by atoms with Gasteiger partial charge in [-0.05, 0) is 31.6 Å². The van der Waals surface area contributed by atoms with Gasteiger partial charge in [0.15, 0.2) is 0 Å². The smallest absolute Gasteiger partial charge is 0.245 e. The Morgan fingerprint density at radius 2 is 2.06 bits per heavy atom. The van der Waals surface area contributed by atoms with Crippen LogP contribution in [0.15, 0.2) is 0 Å². The molecule has 2 saturated heterocycles. The van der Waals surface area contributed by atoms with Crippen molar-refractivity contribution in [1.29, 1.82) is 0 Å². The highest BCUT2D eigenvalue weighted by atomic mass is 16.5.